The molecule has 0 bridgehead atoms. The quantitative estimate of drug-likeness (QED) is 0.156. The van der Waals surface area contributed by atoms with Crippen LogP contribution in [-0.2, 0) is 15.5 Å². The Kier molecular flexibility index (Phi) is 8.00. The lowest BCUT2D eigenvalue weighted by Crippen LogP contribution is -2.32. The van der Waals surface area contributed by atoms with E-state index in [2.05, 4.69) is 111 Å². The van der Waals surface area contributed by atoms with Crippen LogP contribution in [0.2, 0.25) is 0 Å². The number of carbonyl (C=O) groups is 1. The number of para-hydroxylation sites is 2. The number of ketones is 1. The molecule has 1 spiro atoms. The third kappa shape index (κ3) is 5.26. The van der Waals surface area contributed by atoms with E-state index in [4.69, 9.17) is 9.29 Å². The van der Waals surface area contributed by atoms with Gasteiger partial charge < -0.3 is 4.74 Å². The second-order valence-corrected chi connectivity index (χ2v) is 14.5. The van der Waals surface area contributed by atoms with E-state index in [9.17, 15) is 13.2 Å². The molecule has 0 atom stereocenters. The molecular formula is C39H26Br2O5S. The van der Waals surface area contributed by atoms with Crippen LogP contribution in [0.3, 0.4) is 0 Å². The number of hydrogen-bond acceptors (Lipinski definition) is 4. The number of halogens is 2. The fourth-order valence-corrected chi connectivity index (χ4v) is 8.05. The summed E-state index contributed by atoms with van der Waals surface area (Å²) in [4.78, 5) is 12.0. The summed E-state index contributed by atoms with van der Waals surface area (Å²) in [6.45, 7) is 0. The van der Waals surface area contributed by atoms with Crippen molar-refractivity contribution >= 4 is 47.8 Å². The van der Waals surface area contributed by atoms with Gasteiger partial charge in [-0.2, -0.15) is 8.42 Å². The minimum atomic E-state index is -3.67. The van der Waals surface area contributed by atoms with Crippen LogP contribution in [-0.4, -0.2) is 25.0 Å². The molecule has 5 nitrogen and oxygen atoms in total. The normalized spacial score (nSPS) is 13.7. The molecule has 0 fully saturated rings. The Morgan fingerprint density at radius 2 is 0.957 bits per heavy atom. The summed E-state index contributed by atoms with van der Waals surface area (Å²) in [5, 5.41) is 0. The summed E-state index contributed by atoms with van der Waals surface area (Å²) in [6, 6.07) is 45.6. The molecule has 8 heteroatoms. The van der Waals surface area contributed by atoms with Crippen LogP contribution in [0.25, 0.3) is 22.3 Å². The van der Waals surface area contributed by atoms with E-state index in [1.165, 1.54) is 33.4 Å². The SMILES string of the molecule is Brc1cccc2c1-c1ccccc1C21c2ccccc2Oc2ccccc21.CS(=O)(=O)O.O=C1c2ccccc2-c2c(Br)cccc21. The van der Waals surface area contributed by atoms with Crippen LogP contribution >= 0.6 is 31.9 Å². The van der Waals surface area contributed by atoms with Gasteiger partial charge in [-0.25, -0.2) is 0 Å². The Labute approximate surface area is 289 Å². The average molecular weight is 767 g/mol. The van der Waals surface area contributed by atoms with Gasteiger partial charge in [0.15, 0.2) is 5.78 Å². The maximum Gasteiger partial charge on any atom is 0.261 e. The van der Waals surface area contributed by atoms with Crippen molar-refractivity contribution in [3.63, 3.8) is 0 Å². The van der Waals surface area contributed by atoms with Gasteiger partial charge in [0, 0.05) is 42.3 Å². The highest BCUT2D eigenvalue weighted by Gasteiger charge is 2.51. The summed E-state index contributed by atoms with van der Waals surface area (Å²) in [5.74, 6) is 1.99. The van der Waals surface area contributed by atoms with E-state index < -0.39 is 10.1 Å². The Hall–Kier alpha value is -4.34. The number of hydrogen-bond donors (Lipinski definition) is 1. The van der Waals surface area contributed by atoms with Gasteiger partial charge in [-0.15, -0.1) is 0 Å². The number of ether oxygens (including phenoxy) is 1. The molecular weight excluding hydrogens is 740 g/mol. The summed E-state index contributed by atoms with van der Waals surface area (Å²) < 4.78 is 34.3. The van der Waals surface area contributed by atoms with Crippen LogP contribution < -0.4 is 4.74 Å². The molecule has 0 saturated heterocycles. The lowest BCUT2D eigenvalue weighted by molar-refractivity contribution is 0.104. The molecule has 6 aromatic rings. The lowest BCUT2D eigenvalue weighted by Gasteiger charge is -2.39. The average Bonchev–Trinajstić information content (AvgIpc) is 3.52. The molecule has 0 aromatic heterocycles. The van der Waals surface area contributed by atoms with Gasteiger partial charge in [-0.3, -0.25) is 9.35 Å². The van der Waals surface area contributed by atoms with Gasteiger partial charge in [0.2, 0.25) is 0 Å². The second kappa shape index (κ2) is 12.0. The van der Waals surface area contributed by atoms with Gasteiger partial charge in [-0.05, 0) is 46.5 Å². The van der Waals surface area contributed by atoms with Gasteiger partial charge in [-0.1, -0.05) is 141 Å². The van der Waals surface area contributed by atoms with Gasteiger partial charge >= 0.3 is 0 Å². The number of rotatable bonds is 0. The minimum Gasteiger partial charge on any atom is -0.457 e. The van der Waals surface area contributed by atoms with Crippen molar-refractivity contribution in [1.82, 2.24) is 0 Å². The molecule has 1 N–H and O–H groups in total. The first-order valence-electron chi connectivity index (χ1n) is 14.7. The van der Waals surface area contributed by atoms with Crippen LogP contribution in [0.1, 0.15) is 38.2 Å². The summed E-state index contributed by atoms with van der Waals surface area (Å²) in [6.07, 6.45) is 0.715. The van der Waals surface area contributed by atoms with Crippen molar-refractivity contribution in [1.29, 1.82) is 0 Å². The molecule has 2 aliphatic carbocycles. The molecule has 6 aromatic carbocycles. The van der Waals surface area contributed by atoms with Crippen LogP contribution in [0.15, 0.2) is 142 Å². The van der Waals surface area contributed by atoms with Crippen molar-refractivity contribution in [3.8, 4) is 33.8 Å². The van der Waals surface area contributed by atoms with Crippen LogP contribution in [0, 0.1) is 0 Å². The fourth-order valence-electron chi connectivity index (χ4n) is 6.89. The Balaban J connectivity index is 0.000000148. The van der Waals surface area contributed by atoms with Crippen molar-refractivity contribution in [2.45, 2.75) is 5.41 Å². The summed E-state index contributed by atoms with van der Waals surface area (Å²) >= 11 is 7.31. The third-order valence-electron chi connectivity index (χ3n) is 8.52. The number of benzene rings is 6. The van der Waals surface area contributed by atoms with Crippen molar-refractivity contribution in [2.75, 3.05) is 6.26 Å². The van der Waals surface area contributed by atoms with E-state index in [-0.39, 0.29) is 11.2 Å². The highest BCUT2D eigenvalue weighted by molar-refractivity contribution is 9.11. The van der Waals surface area contributed by atoms with E-state index in [1.54, 1.807) is 0 Å². The smallest absolute Gasteiger partial charge is 0.261 e. The van der Waals surface area contributed by atoms with Gasteiger partial charge in [0.1, 0.15) is 11.5 Å². The molecule has 0 radical (unpaired) electrons. The molecule has 47 heavy (non-hydrogen) atoms. The molecule has 0 unspecified atom stereocenters. The first-order valence-corrected chi connectivity index (χ1v) is 18.1. The largest absolute Gasteiger partial charge is 0.457 e. The predicted molar refractivity (Wildman–Crippen MR) is 192 cm³/mol. The van der Waals surface area contributed by atoms with E-state index >= 15 is 0 Å². The minimum absolute atomic E-state index is 0.127. The first-order chi connectivity index (χ1) is 22.6. The van der Waals surface area contributed by atoms with Crippen molar-refractivity contribution < 1.29 is 22.5 Å². The first kappa shape index (κ1) is 31.3. The van der Waals surface area contributed by atoms with Gasteiger partial charge in [0.25, 0.3) is 10.1 Å². The van der Waals surface area contributed by atoms with Crippen molar-refractivity contribution in [3.05, 3.63) is 176 Å². The summed E-state index contributed by atoms with van der Waals surface area (Å²) in [5.41, 5.74) is 10.9. The summed E-state index contributed by atoms with van der Waals surface area (Å²) in [7, 11) is -3.67. The molecule has 3 aliphatic rings. The zero-order valence-corrected chi connectivity index (χ0v) is 28.9. The zero-order valence-electron chi connectivity index (χ0n) is 24.9. The maximum atomic E-state index is 12.0. The van der Waals surface area contributed by atoms with Gasteiger partial charge in [0.05, 0.1) is 11.7 Å². The third-order valence-corrected chi connectivity index (χ3v) is 9.84. The molecule has 9 rings (SSSR count). The predicted octanol–water partition coefficient (Wildman–Crippen LogP) is 10.1. The topological polar surface area (TPSA) is 80.7 Å². The van der Waals surface area contributed by atoms with Crippen LogP contribution in [0.4, 0.5) is 0 Å². The molecule has 1 heterocycles. The second-order valence-electron chi connectivity index (χ2n) is 11.3. The zero-order chi connectivity index (χ0) is 32.9. The fraction of sp³-hybridized carbons (Fsp3) is 0.0513. The standard InChI is InChI=1S/C25H15BrO.C13H7BrO.CH4O3S/c26-21-13-7-12-20-24(21)16-8-1-2-9-17(16)25(20)18-10-3-5-14-22(18)27-23-15-6-4-11-19(23)25;14-11-7-3-6-10-12(11)8-4-1-2-5-9(8)13(10)15;1-5(2,3)4/h1-15H;1-7H;1H3,(H,2,3,4). The highest BCUT2D eigenvalue weighted by atomic mass is 79.9. The molecule has 0 amide bonds. The van der Waals surface area contributed by atoms with E-state index in [0.29, 0.717) is 6.26 Å². The number of carbonyl (C=O) groups excluding carboxylic acids is 1. The van der Waals surface area contributed by atoms with Crippen LogP contribution in [0.5, 0.6) is 11.5 Å². The highest BCUT2D eigenvalue weighted by Crippen LogP contribution is 2.62. The Bertz CT molecular complexity index is 2280. The number of fused-ring (bicyclic) bond motifs is 12. The molecule has 0 saturated carbocycles. The van der Waals surface area contributed by atoms with E-state index in [0.717, 1.165) is 42.7 Å². The Morgan fingerprint density at radius 1 is 0.532 bits per heavy atom. The molecule has 1 aliphatic heterocycles. The molecule has 232 valence electrons. The maximum absolute atomic E-state index is 12.0. The lowest BCUT2D eigenvalue weighted by atomic mass is 9.66. The van der Waals surface area contributed by atoms with Crippen molar-refractivity contribution in [2.24, 2.45) is 0 Å². The Morgan fingerprint density at radius 3 is 1.57 bits per heavy atom. The monoisotopic (exact) mass is 764 g/mol. The van der Waals surface area contributed by atoms with E-state index in [1.807, 2.05) is 54.6 Å².